The number of halogens is 1. The van der Waals surface area contributed by atoms with Crippen LogP contribution in [-0.4, -0.2) is 17.1 Å². The quantitative estimate of drug-likeness (QED) is 0.629. The van der Waals surface area contributed by atoms with Gasteiger partial charge in [-0.2, -0.15) is 0 Å². The first-order valence-electron chi connectivity index (χ1n) is 5.80. The monoisotopic (exact) mass is 262 g/mol. The summed E-state index contributed by atoms with van der Waals surface area (Å²) in [5, 5.41) is 0. The van der Waals surface area contributed by atoms with Crippen molar-refractivity contribution in [3.8, 4) is 5.88 Å². The molecule has 0 radical (unpaired) electrons. The Hall–Kier alpha value is -2.05. The predicted molar refractivity (Wildman–Crippen MR) is 68.8 cm³/mol. The van der Waals surface area contributed by atoms with Gasteiger partial charge in [0.2, 0.25) is 5.88 Å². The standard InChI is InChI=1S/C13H15FN4O/c1-19-13-12(16-5-6-17-13)11(18-15)8-9-3-2-4-10(14)7-9/h2-7,11,18H,8,15H2,1H3. The molecule has 100 valence electrons. The number of rotatable bonds is 5. The molecule has 0 fully saturated rings. The normalized spacial score (nSPS) is 12.2. The molecular weight excluding hydrogens is 247 g/mol. The van der Waals surface area contributed by atoms with Crippen LogP contribution in [0.1, 0.15) is 17.3 Å². The maximum atomic E-state index is 13.2. The number of nitrogens with two attached hydrogens (primary N) is 1. The number of hydrogen-bond donors (Lipinski definition) is 2. The Bertz CT molecular complexity index is 550. The van der Waals surface area contributed by atoms with Crippen molar-refractivity contribution >= 4 is 0 Å². The molecule has 0 saturated carbocycles. The highest BCUT2D eigenvalue weighted by Crippen LogP contribution is 2.22. The second-order valence-corrected chi connectivity index (χ2v) is 4.00. The molecule has 19 heavy (non-hydrogen) atoms. The smallest absolute Gasteiger partial charge is 0.237 e. The van der Waals surface area contributed by atoms with E-state index in [-0.39, 0.29) is 11.9 Å². The van der Waals surface area contributed by atoms with Crippen LogP contribution in [0, 0.1) is 5.82 Å². The maximum Gasteiger partial charge on any atom is 0.237 e. The van der Waals surface area contributed by atoms with Crippen LogP contribution >= 0.6 is 0 Å². The highest BCUT2D eigenvalue weighted by atomic mass is 19.1. The summed E-state index contributed by atoms with van der Waals surface area (Å²) in [5.41, 5.74) is 4.07. The van der Waals surface area contributed by atoms with Crippen LogP contribution in [0.3, 0.4) is 0 Å². The Morgan fingerprint density at radius 3 is 2.84 bits per heavy atom. The molecule has 3 N–H and O–H groups in total. The third-order valence-electron chi connectivity index (χ3n) is 2.74. The fraction of sp³-hybridized carbons (Fsp3) is 0.231. The molecule has 1 unspecified atom stereocenters. The lowest BCUT2D eigenvalue weighted by Crippen LogP contribution is -2.30. The van der Waals surface area contributed by atoms with Gasteiger partial charge >= 0.3 is 0 Å². The summed E-state index contributed by atoms with van der Waals surface area (Å²) in [6, 6.07) is 6.05. The molecule has 0 amide bonds. The first kappa shape index (κ1) is 13.4. The van der Waals surface area contributed by atoms with Crippen LogP contribution in [0.4, 0.5) is 4.39 Å². The molecule has 1 atom stereocenters. The van der Waals surface area contributed by atoms with Gasteiger partial charge in [0.15, 0.2) is 0 Å². The summed E-state index contributed by atoms with van der Waals surface area (Å²) >= 11 is 0. The zero-order valence-corrected chi connectivity index (χ0v) is 10.5. The molecule has 6 heteroatoms. The summed E-state index contributed by atoms with van der Waals surface area (Å²) in [5.74, 6) is 5.67. The van der Waals surface area contributed by atoms with Crippen molar-refractivity contribution < 1.29 is 9.13 Å². The summed E-state index contributed by atoms with van der Waals surface area (Å²) in [6.07, 6.45) is 3.59. The molecule has 1 heterocycles. The van der Waals surface area contributed by atoms with E-state index in [1.165, 1.54) is 25.4 Å². The van der Waals surface area contributed by atoms with E-state index in [2.05, 4.69) is 15.4 Å². The van der Waals surface area contributed by atoms with Crippen LogP contribution in [0.5, 0.6) is 5.88 Å². The van der Waals surface area contributed by atoms with Crippen LogP contribution in [-0.2, 0) is 6.42 Å². The van der Waals surface area contributed by atoms with Crippen LogP contribution in [0.15, 0.2) is 36.7 Å². The first-order chi connectivity index (χ1) is 9.24. The maximum absolute atomic E-state index is 13.2. The van der Waals surface area contributed by atoms with E-state index in [1.54, 1.807) is 12.3 Å². The Morgan fingerprint density at radius 2 is 2.16 bits per heavy atom. The number of ether oxygens (including phenoxy) is 1. The highest BCUT2D eigenvalue weighted by Gasteiger charge is 2.18. The van der Waals surface area contributed by atoms with Gasteiger partial charge in [0.05, 0.1) is 13.2 Å². The lowest BCUT2D eigenvalue weighted by Gasteiger charge is -2.17. The Balaban J connectivity index is 2.25. The number of hydrogen-bond acceptors (Lipinski definition) is 5. The predicted octanol–water partition coefficient (Wildman–Crippen LogP) is 1.37. The number of hydrazine groups is 1. The van der Waals surface area contributed by atoms with Crippen LogP contribution in [0.25, 0.3) is 0 Å². The van der Waals surface area contributed by atoms with Gasteiger partial charge in [-0.15, -0.1) is 0 Å². The Labute approximate surface area is 110 Å². The largest absolute Gasteiger partial charge is 0.480 e. The molecule has 5 nitrogen and oxygen atoms in total. The fourth-order valence-corrected chi connectivity index (χ4v) is 1.87. The van der Waals surface area contributed by atoms with Gasteiger partial charge < -0.3 is 4.74 Å². The summed E-state index contributed by atoms with van der Waals surface area (Å²) in [4.78, 5) is 8.29. The van der Waals surface area contributed by atoms with Crippen LogP contribution in [0.2, 0.25) is 0 Å². The minimum absolute atomic E-state index is 0.278. The lowest BCUT2D eigenvalue weighted by atomic mass is 10.0. The van der Waals surface area contributed by atoms with Crippen molar-refractivity contribution in [3.05, 3.63) is 53.7 Å². The minimum Gasteiger partial charge on any atom is -0.480 e. The van der Waals surface area contributed by atoms with Crippen molar-refractivity contribution in [1.82, 2.24) is 15.4 Å². The van der Waals surface area contributed by atoms with Gasteiger partial charge in [0, 0.05) is 12.4 Å². The molecule has 0 spiro atoms. The van der Waals surface area contributed by atoms with E-state index in [4.69, 9.17) is 10.6 Å². The number of nitrogens with zero attached hydrogens (tertiary/aromatic N) is 2. The average Bonchev–Trinajstić information content (AvgIpc) is 2.45. The van der Waals surface area contributed by atoms with Gasteiger partial charge in [-0.1, -0.05) is 12.1 Å². The molecule has 1 aromatic heterocycles. The molecule has 2 aromatic rings. The fourth-order valence-electron chi connectivity index (χ4n) is 1.87. The number of nitrogens with one attached hydrogen (secondary N) is 1. The SMILES string of the molecule is COc1nccnc1C(Cc1cccc(F)c1)NN. The van der Waals surface area contributed by atoms with Crippen molar-refractivity contribution in [1.29, 1.82) is 0 Å². The second-order valence-electron chi connectivity index (χ2n) is 4.00. The molecule has 0 saturated heterocycles. The van der Waals surface area contributed by atoms with Crippen molar-refractivity contribution in [3.63, 3.8) is 0 Å². The number of benzene rings is 1. The second kappa shape index (κ2) is 6.21. The summed E-state index contributed by atoms with van der Waals surface area (Å²) in [6.45, 7) is 0. The van der Waals surface area contributed by atoms with Crippen molar-refractivity contribution in [2.75, 3.05) is 7.11 Å². The minimum atomic E-state index is -0.301. The Kier molecular flexibility index (Phi) is 4.38. The molecule has 1 aromatic carbocycles. The third-order valence-corrected chi connectivity index (χ3v) is 2.74. The average molecular weight is 262 g/mol. The third kappa shape index (κ3) is 3.24. The highest BCUT2D eigenvalue weighted by molar-refractivity contribution is 5.25. The summed E-state index contributed by atoms with van der Waals surface area (Å²) in [7, 11) is 1.52. The first-order valence-corrected chi connectivity index (χ1v) is 5.80. The van der Waals surface area contributed by atoms with E-state index in [9.17, 15) is 4.39 Å². The Morgan fingerprint density at radius 1 is 1.37 bits per heavy atom. The van der Waals surface area contributed by atoms with E-state index >= 15 is 0 Å². The van der Waals surface area contributed by atoms with Gasteiger partial charge in [-0.05, 0) is 24.1 Å². The van der Waals surface area contributed by atoms with Gasteiger partial charge in [-0.25, -0.2) is 9.37 Å². The van der Waals surface area contributed by atoms with Crippen molar-refractivity contribution in [2.45, 2.75) is 12.5 Å². The van der Waals surface area contributed by atoms with E-state index in [0.29, 0.717) is 18.0 Å². The van der Waals surface area contributed by atoms with Gasteiger partial charge in [0.1, 0.15) is 11.5 Å². The van der Waals surface area contributed by atoms with E-state index in [1.807, 2.05) is 6.07 Å². The topological polar surface area (TPSA) is 73.1 Å². The van der Waals surface area contributed by atoms with Gasteiger partial charge in [-0.3, -0.25) is 16.3 Å². The summed E-state index contributed by atoms with van der Waals surface area (Å²) < 4.78 is 18.3. The molecule has 0 bridgehead atoms. The molecule has 0 aliphatic carbocycles. The van der Waals surface area contributed by atoms with Gasteiger partial charge in [0.25, 0.3) is 0 Å². The molecule has 2 rings (SSSR count). The lowest BCUT2D eigenvalue weighted by molar-refractivity contribution is 0.377. The molecule has 0 aliphatic rings. The molecule has 0 aliphatic heterocycles. The van der Waals surface area contributed by atoms with E-state index < -0.39 is 0 Å². The number of methoxy groups -OCH3 is 1. The number of aromatic nitrogens is 2. The van der Waals surface area contributed by atoms with Crippen molar-refractivity contribution in [2.24, 2.45) is 5.84 Å². The zero-order valence-electron chi connectivity index (χ0n) is 10.5. The zero-order chi connectivity index (χ0) is 13.7. The molecular formula is C13H15FN4O. The van der Waals surface area contributed by atoms with E-state index in [0.717, 1.165) is 5.56 Å². The van der Waals surface area contributed by atoms with Crippen LogP contribution < -0.4 is 16.0 Å².